The molecule has 0 aromatic heterocycles. The van der Waals surface area contributed by atoms with E-state index in [0.29, 0.717) is 5.92 Å². The molecule has 0 aliphatic carbocycles. The molecule has 0 aliphatic heterocycles. The van der Waals surface area contributed by atoms with E-state index >= 15 is 0 Å². The van der Waals surface area contributed by atoms with Crippen LogP contribution in [-0.4, -0.2) is 20.3 Å². The molecule has 0 saturated carbocycles. The Labute approximate surface area is 51.0 Å². The average Bonchev–Trinajstić information content (AvgIpc) is 1.83. The van der Waals surface area contributed by atoms with E-state index in [4.69, 9.17) is 10.5 Å². The Kier molecular flexibility index (Phi) is 5.01. The second kappa shape index (κ2) is 5.06. The van der Waals surface area contributed by atoms with E-state index in [0.717, 1.165) is 19.6 Å². The average molecular weight is 117 g/mol. The zero-order valence-electron chi connectivity index (χ0n) is 5.68. The fourth-order valence-electron chi connectivity index (χ4n) is 0.588. The third-order valence-corrected chi connectivity index (χ3v) is 1.31. The minimum atomic E-state index is 0.556. The van der Waals surface area contributed by atoms with Gasteiger partial charge >= 0.3 is 0 Å². The van der Waals surface area contributed by atoms with Crippen molar-refractivity contribution >= 4 is 0 Å². The standard InChI is InChI=1S/C6H15NO/c1-3-6(4-7)5-8-2/h6H,3-5,7H2,1-2H3. The minimum absolute atomic E-state index is 0.556. The van der Waals surface area contributed by atoms with Gasteiger partial charge in [0.25, 0.3) is 0 Å². The van der Waals surface area contributed by atoms with Gasteiger partial charge in [0, 0.05) is 7.11 Å². The van der Waals surface area contributed by atoms with Crippen molar-refractivity contribution in [1.82, 2.24) is 0 Å². The molecule has 1 unspecified atom stereocenters. The maximum Gasteiger partial charge on any atom is 0.0502 e. The molecule has 0 amide bonds. The van der Waals surface area contributed by atoms with E-state index in [1.54, 1.807) is 7.11 Å². The number of methoxy groups -OCH3 is 1. The van der Waals surface area contributed by atoms with Crippen LogP contribution < -0.4 is 5.73 Å². The summed E-state index contributed by atoms with van der Waals surface area (Å²) >= 11 is 0. The zero-order chi connectivity index (χ0) is 6.41. The quantitative estimate of drug-likeness (QED) is 0.585. The smallest absolute Gasteiger partial charge is 0.0502 e. The topological polar surface area (TPSA) is 35.2 Å². The Morgan fingerprint density at radius 2 is 2.25 bits per heavy atom. The second-order valence-corrected chi connectivity index (χ2v) is 1.97. The van der Waals surface area contributed by atoms with Crippen LogP contribution in [0.2, 0.25) is 0 Å². The summed E-state index contributed by atoms with van der Waals surface area (Å²) in [5.74, 6) is 0.556. The lowest BCUT2D eigenvalue weighted by Gasteiger charge is -2.08. The molecule has 2 nitrogen and oxygen atoms in total. The van der Waals surface area contributed by atoms with Crippen LogP contribution in [0.4, 0.5) is 0 Å². The molecule has 50 valence electrons. The van der Waals surface area contributed by atoms with E-state index in [1.165, 1.54) is 0 Å². The van der Waals surface area contributed by atoms with E-state index in [-0.39, 0.29) is 0 Å². The summed E-state index contributed by atoms with van der Waals surface area (Å²) in [5.41, 5.74) is 5.39. The van der Waals surface area contributed by atoms with Crippen molar-refractivity contribution in [3.63, 3.8) is 0 Å². The van der Waals surface area contributed by atoms with Gasteiger partial charge in [-0.3, -0.25) is 0 Å². The van der Waals surface area contributed by atoms with Crippen molar-refractivity contribution in [3.05, 3.63) is 0 Å². The monoisotopic (exact) mass is 117 g/mol. The number of ether oxygens (including phenoxy) is 1. The van der Waals surface area contributed by atoms with Crippen molar-refractivity contribution in [2.75, 3.05) is 20.3 Å². The summed E-state index contributed by atoms with van der Waals surface area (Å²) in [6.45, 7) is 3.66. The van der Waals surface area contributed by atoms with Crippen LogP contribution in [0.15, 0.2) is 0 Å². The predicted molar refractivity (Wildman–Crippen MR) is 34.7 cm³/mol. The molecule has 0 aliphatic rings. The molecule has 0 bridgehead atoms. The molecule has 1 atom stereocenters. The Morgan fingerprint density at radius 3 is 2.38 bits per heavy atom. The van der Waals surface area contributed by atoms with Crippen LogP contribution in [0.5, 0.6) is 0 Å². The first-order valence-corrected chi connectivity index (χ1v) is 3.04. The molecule has 0 heterocycles. The minimum Gasteiger partial charge on any atom is -0.384 e. The summed E-state index contributed by atoms with van der Waals surface area (Å²) < 4.78 is 4.91. The van der Waals surface area contributed by atoms with Crippen LogP contribution in [-0.2, 0) is 4.74 Å². The number of hydrogen-bond donors (Lipinski definition) is 1. The second-order valence-electron chi connectivity index (χ2n) is 1.97. The lowest BCUT2D eigenvalue weighted by Crippen LogP contribution is -2.17. The molecular weight excluding hydrogens is 102 g/mol. The third kappa shape index (κ3) is 2.99. The third-order valence-electron chi connectivity index (χ3n) is 1.31. The molecule has 8 heavy (non-hydrogen) atoms. The van der Waals surface area contributed by atoms with Gasteiger partial charge in [-0.15, -0.1) is 0 Å². The van der Waals surface area contributed by atoms with Gasteiger partial charge in [-0.25, -0.2) is 0 Å². The molecular formula is C6H15NO. The normalized spacial score (nSPS) is 13.9. The number of nitrogens with two attached hydrogens (primary N) is 1. The molecule has 2 N–H and O–H groups in total. The van der Waals surface area contributed by atoms with E-state index < -0.39 is 0 Å². The van der Waals surface area contributed by atoms with Crippen LogP contribution in [0.1, 0.15) is 13.3 Å². The molecule has 0 aromatic carbocycles. The predicted octanol–water partition coefficient (Wildman–Crippen LogP) is 0.618. The van der Waals surface area contributed by atoms with Crippen molar-refractivity contribution in [2.24, 2.45) is 11.7 Å². The van der Waals surface area contributed by atoms with E-state index in [9.17, 15) is 0 Å². The molecule has 0 aromatic rings. The fourth-order valence-corrected chi connectivity index (χ4v) is 0.588. The summed E-state index contributed by atoms with van der Waals surface area (Å²) in [6.07, 6.45) is 1.12. The zero-order valence-corrected chi connectivity index (χ0v) is 5.68. The Hall–Kier alpha value is -0.0800. The SMILES string of the molecule is CCC(CN)COC. The molecule has 0 rings (SSSR count). The van der Waals surface area contributed by atoms with Crippen LogP contribution in [0, 0.1) is 5.92 Å². The van der Waals surface area contributed by atoms with Crippen LogP contribution in [0.3, 0.4) is 0 Å². The number of hydrogen-bond acceptors (Lipinski definition) is 2. The van der Waals surface area contributed by atoms with Crippen molar-refractivity contribution in [2.45, 2.75) is 13.3 Å². The lowest BCUT2D eigenvalue weighted by molar-refractivity contribution is 0.153. The molecule has 0 spiro atoms. The number of rotatable bonds is 4. The van der Waals surface area contributed by atoms with E-state index in [1.807, 2.05) is 0 Å². The molecule has 0 fully saturated rings. The first-order chi connectivity index (χ1) is 3.85. The van der Waals surface area contributed by atoms with Crippen molar-refractivity contribution in [1.29, 1.82) is 0 Å². The van der Waals surface area contributed by atoms with Gasteiger partial charge in [-0.2, -0.15) is 0 Å². The van der Waals surface area contributed by atoms with Gasteiger partial charge in [0.2, 0.25) is 0 Å². The van der Waals surface area contributed by atoms with Gasteiger partial charge in [0.1, 0.15) is 0 Å². The highest BCUT2D eigenvalue weighted by molar-refractivity contribution is 4.53. The maximum atomic E-state index is 5.39. The highest BCUT2D eigenvalue weighted by atomic mass is 16.5. The molecule has 2 heteroatoms. The Balaban J connectivity index is 3.07. The van der Waals surface area contributed by atoms with Gasteiger partial charge in [-0.05, 0) is 18.9 Å². The fraction of sp³-hybridized carbons (Fsp3) is 1.00. The van der Waals surface area contributed by atoms with Crippen LogP contribution >= 0.6 is 0 Å². The lowest BCUT2D eigenvalue weighted by atomic mass is 10.1. The van der Waals surface area contributed by atoms with Gasteiger partial charge in [0.05, 0.1) is 6.61 Å². The molecule has 0 radical (unpaired) electrons. The largest absolute Gasteiger partial charge is 0.384 e. The van der Waals surface area contributed by atoms with Crippen molar-refractivity contribution in [3.8, 4) is 0 Å². The summed E-state index contributed by atoms with van der Waals surface area (Å²) in [6, 6.07) is 0. The highest BCUT2D eigenvalue weighted by Gasteiger charge is 1.99. The first kappa shape index (κ1) is 7.92. The maximum absolute atomic E-state index is 5.39. The summed E-state index contributed by atoms with van der Waals surface area (Å²) in [5, 5.41) is 0. The molecule has 0 saturated heterocycles. The van der Waals surface area contributed by atoms with E-state index in [2.05, 4.69) is 6.92 Å². The summed E-state index contributed by atoms with van der Waals surface area (Å²) in [4.78, 5) is 0. The first-order valence-electron chi connectivity index (χ1n) is 3.04. The highest BCUT2D eigenvalue weighted by Crippen LogP contribution is 1.98. The Morgan fingerprint density at radius 1 is 1.62 bits per heavy atom. The Bertz CT molecular complexity index is 43.8. The van der Waals surface area contributed by atoms with Crippen molar-refractivity contribution < 1.29 is 4.74 Å². The summed E-state index contributed by atoms with van der Waals surface area (Å²) in [7, 11) is 1.71. The van der Waals surface area contributed by atoms with Crippen LogP contribution in [0.25, 0.3) is 0 Å². The van der Waals surface area contributed by atoms with Gasteiger partial charge in [0.15, 0.2) is 0 Å². The van der Waals surface area contributed by atoms with Gasteiger partial charge < -0.3 is 10.5 Å². The van der Waals surface area contributed by atoms with Gasteiger partial charge in [-0.1, -0.05) is 6.92 Å².